The summed E-state index contributed by atoms with van der Waals surface area (Å²) in [6.45, 7) is 4.44. The molecule has 0 spiro atoms. The van der Waals surface area contributed by atoms with Crippen LogP contribution in [0.5, 0.6) is 0 Å². The summed E-state index contributed by atoms with van der Waals surface area (Å²) in [5, 5.41) is 2.94. The minimum absolute atomic E-state index is 0.0903. The summed E-state index contributed by atoms with van der Waals surface area (Å²) in [4.78, 5) is 0. The molecule has 2 aliphatic heterocycles. The minimum Gasteiger partial charge on any atom is -0.374 e. The van der Waals surface area contributed by atoms with Crippen molar-refractivity contribution in [3.8, 4) is 0 Å². The molecule has 0 aromatic carbocycles. The molecule has 5 heteroatoms. The largest absolute Gasteiger partial charge is 0.374 e. The molecule has 14 heavy (non-hydrogen) atoms. The van der Waals surface area contributed by atoms with Crippen LogP contribution in [0.4, 0.5) is 0 Å². The number of sulfone groups is 1. The molecule has 4 nitrogen and oxygen atoms in total. The number of rotatable bonds is 0. The Balaban J connectivity index is 2.26. The van der Waals surface area contributed by atoms with Crippen LogP contribution in [-0.4, -0.2) is 44.2 Å². The predicted octanol–water partition coefficient (Wildman–Crippen LogP) is -0.0611. The first-order valence-electron chi connectivity index (χ1n) is 5.11. The highest BCUT2D eigenvalue weighted by Gasteiger charge is 2.44. The van der Waals surface area contributed by atoms with Crippen LogP contribution in [-0.2, 0) is 14.6 Å². The molecule has 2 fully saturated rings. The van der Waals surface area contributed by atoms with E-state index in [9.17, 15) is 8.42 Å². The van der Waals surface area contributed by atoms with Crippen molar-refractivity contribution >= 4 is 9.84 Å². The van der Waals surface area contributed by atoms with Gasteiger partial charge >= 0.3 is 0 Å². The third-order valence-electron chi connectivity index (χ3n) is 3.10. The Hall–Kier alpha value is -0.130. The summed E-state index contributed by atoms with van der Waals surface area (Å²) >= 11 is 0. The molecular weight excluding hydrogens is 202 g/mol. The monoisotopic (exact) mass is 219 g/mol. The Kier molecular flexibility index (Phi) is 2.57. The van der Waals surface area contributed by atoms with Crippen molar-refractivity contribution in [2.45, 2.75) is 43.8 Å². The highest BCUT2D eigenvalue weighted by Crippen LogP contribution is 2.27. The summed E-state index contributed by atoms with van der Waals surface area (Å²) in [5.41, 5.74) is 0. The number of nitrogens with one attached hydrogen (secondary N) is 1. The zero-order valence-corrected chi connectivity index (χ0v) is 9.38. The minimum atomic E-state index is -2.94. The molecular formula is C9H17NO3S. The van der Waals surface area contributed by atoms with E-state index in [0.29, 0.717) is 6.54 Å². The first kappa shape index (κ1) is 10.4. The van der Waals surface area contributed by atoms with Crippen molar-refractivity contribution in [2.24, 2.45) is 0 Å². The van der Waals surface area contributed by atoms with Crippen molar-refractivity contribution in [1.82, 2.24) is 5.32 Å². The van der Waals surface area contributed by atoms with Gasteiger partial charge in [-0.25, -0.2) is 8.42 Å². The zero-order valence-electron chi connectivity index (χ0n) is 8.56. The van der Waals surface area contributed by atoms with Gasteiger partial charge in [0.05, 0.1) is 18.0 Å². The fourth-order valence-corrected chi connectivity index (χ4v) is 4.61. The maximum Gasteiger partial charge on any atom is 0.158 e. The van der Waals surface area contributed by atoms with E-state index in [1.807, 2.05) is 13.8 Å². The molecule has 0 saturated carbocycles. The molecule has 4 unspecified atom stereocenters. The first-order valence-corrected chi connectivity index (χ1v) is 6.82. The van der Waals surface area contributed by atoms with Crippen LogP contribution in [0.3, 0.4) is 0 Å². The van der Waals surface area contributed by atoms with Crippen molar-refractivity contribution < 1.29 is 13.2 Å². The molecule has 4 atom stereocenters. The van der Waals surface area contributed by atoms with Crippen LogP contribution >= 0.6 is 0 Å². The first-order chi connectivity index (χ1) is 6.50. The maximum atomic E-state index is 11.8. The molecule has 0 aromatic rings. The van der Waals surface area contributed by atoms with Gasteiger partial charge in [0.15, 0.2) is 9.84 Å². The third kappa shape index (κ3) is 1.68. The van der Waals surface area contributed by atoms with Gasteiger partial charge in [-0.15, -0.1) is 0 Å². The molecule has 0 bridgehead atoms. The average Bonchev–Trinajstić information content (AvgIpc) is 2.00. The van der Waals surface area contributed by atoms with E-state index < -0.39 is 9.84 Å². The summed E-state index contributed by atoms with van der Waals surface area (Å²) in [5.74, 6) is 0.246. The summed E-state index contributed by atoms with van der Waals surface area (Å²) in [6.07, 6.45) is 0.780. The molecule has 0 amide bonds. The zero-order chi connectivity index (χ0) is 10.3. The lowest BCUT2D eigenvalue weighted by molar-refractivity contribution is -0.0400. The standard InChI is InChI=1S/C9H17NO3S/c1-6-5-8-9(7(2)13-6)14(11,12)4-3-10-8/h6-10H,3-5H2,1-2H3. The Morgan fingerprint density at radius 2 is 2.07 bits per heavy atom. The fraction of sp³-hybridized carbons (Fsp3) is 1.00. The van der Waals surface area contributed by atoms with Crippen molar-refractivity contribution in [3.05, 3.63) is 0 Å². The van der Waals surface area contributed by atoms with Gasteiger partial charge in [0.2, 0.25) is 0 Å². The highest BCUT2D eigenvalue weighted by molar-refractivity contribution is 7.92. The summed E-state index contributed by atoms with van der Waals surface area (Å²) in [6, 6.07) is 0.0903. The average molecular weight is 219 g/mol. The normalized spacial score (nSPS) is 47.0. The Morgan fingerprint density at radius 1 is 1.36 bits per heavy atom. The Labute approximate surface area is 84.9 Å². The second-order valence-electron chi connectivity index (χ2n) is 4.28. The quantitative estimate of drug-likeness (QED) is 0.620. The van der Waals surface area contributed by atoms with E-state index >= 15 is 0 Å². The molecule has 0 radical (unpaired) electrons. The van der Waals surface area contributed by atoms with Gasteiger partial charge in [-0.05, 0) is 20.3 Å². The van der Waals surface area contributed by atoms with E-state index in [1.165, 1.54) is 0 Å². The van der Waals surface area contributed by atoms with Gasteiger partial charge in [-0.3, -0.25) is 0 Å². The lowest BCUT2D eigenvalue weighted by Gasteiger charge is -2.42. The third-order valence-corrected chi connectivity index (χ3v) is 5.41. The van der Waals surface area contributed by atoms with Gasteiger partial charge in [0, 0.05) is 12.6 Å². The number of fused-ring (bicyclic) bond motifs is 1. The molecule has 82 valence electrons. The van der Waals surface area contributed by atoms with E-state index in [1.54, 1.807) is 0 Å². The van der Waals surface area contributed by atoms with Crippen LogP contribution in [0.25, 0.3) is 0 Å². The van der Waals surface area contributed by atoms with Crippen LogP contribution in [0.1, 0.15) is 20.3 Å². The van der Waals surface area contributed by atoms with E-state index in [4.69, 9.17) is 4.74 Å². The van der Waals surface area contributed by atoms with Gasteiger partial charge in [0.25, 0.3) is 0 Å². The highest BCUT2D eigenvalue weighted by atomic mass is 32.2. The van der Waals surface area contributed by atoms with Crippen molar-refractivity contribution in [3.63, 3.8) is 0 Å². The Morgan fingerprint density at radius 3 is 2.79 bits per heavy atom. The van der Waals surface area contributed by atoms with Crippen LogP contribution in [0.15, 0.2) is 0 Å². The van der Waals surface area contributed by atoms with E-state index in [0.717, 1.165) is 6.42 Å². The molecule has 2 heterocycles. The van der Waals surface area contributed by atoms with Crippen LogP contribution < -0.4 is 5.32 Å². The number of ether oxygens (including phenoxy) is 1. The lowest BCUT2D eigenvalue weighted by atomic mass is 9.99. The van der Waals surface area contributed by atoms with Gasteiger partial charge in [0.1, 0.15) is 5.25 Å². The molecule has 0 aliphatic carbocycles. The van der Waals surface area contributed by atoms with Gasteiger partial charge < -0.3 is 10.1 Å². The number of hydrogen-bond acceptors (Lipinski definition) is 4. The summed E-state index contributed by atoms with van der Waals surface area (Å²) in [7, 11) is -2.94. The second-order valence-corrected chi connectivity index (χ2v) is 6.56. The van der Waals surface area contributed by atoms with Crippen molar-refractivity contribution in [2.75, 3.05) is 12.3 Å². The van der Waals surface area contributed by atoms with E-state index in [2.05, 4.69) is 5.32 Å². The van der Waals surface area contributed by atoms with Crippen LogP contribution in [0.2, 0.25) is 0 Å². The smallest absolute Gasteiger partial charge is 0.158 e. The van der Waals surface area contributed by atoms with E-state index in [-0.39, 0.29) is 29.3 Å². The predicted molar refractivity (Wildman–Crippen MR) is 54.0 cm³/mol. The molecule has 2 rings (SSSR count). The fourth-order valence-electron chi connectivity index (χ4n) is 2.58. The Bertz CT molecular complexity index is 314. The summed E-state index contributed by atoms with van der Waals surface area (Å²) < 4.78 is 29.2. The molecule has 2 saturated heterocycles. The van der Waals surface area contributed by atoms with Crippen molar-refractivity contribution in [1.29, 1.82) is 0 Å². The van der Waals surface area contributed by atoms with Gasteiger partial charge in [-0.1, -0.05) is 0 Å². The second kappa shape index (κ2) is 3.47. The van der Waals surface area contributed by atoms with Gasteiger partial charge in [-0.2, -0.15) is 0 Å². The van der Waals surface area contributed by atoms with Crippen LogP contribution in [0, 0.1) is 0 Å². The topological polar surface area (TPSA) is 55.4 Å². The maximum absolute atomic E-state index is 11.8. The number of hydrogen-bond donors (Lipinski definition) is 1. The SMILES string of the molecule is CC1CC2NCCS(=O)(=O)C2C(C)O1. The molecule has 1 N–H and O–H groups in total. The molecule has 2 aliphatic rings. The molecule has 0 aromatic heterocycles. The lowest BCUT2D eigenvalue weighted by Crippen LogP contribution is -2.61.